The summed E-state index contributed by atoms with van der Waals surface area (Å²) in [6.07, 6.45) is 18.3. The molecule has 0 unspecified atom stereocenters. The van der Waals surface area contributed by atoms with Gasteiger partial charge in [0.1, 0.15) is 32.0 Å². The number of rotatable bonds is 36. The highest BCUT2D eigenvalue weighted by Crippen LogP contribution is 2.33. The lowest BCUT2D eigenvalue weighted by Gasteiger charge is -2.45. The Balaban J connectivity index is 0.000000501. The van der Waals surface area contributed by atoms with Gasteiger partial charge in [-0.05, 0) is 124 Å². The summed E-state index contributed by atoms with van der Waals surface area (Å²) < 4.78 is 45.4. The van der Waals surface area contributed by atoms with E-state index in [9.17, 15) is 38.4 Å². The van der Waals surface area contributed by atoms with Gasteiger partial charge in [0, 0.05) is 127 Å². The zero-order valence-electron chi connectivity index (χ0n) is 64.7. The van der Waals surface area contributed by atoms with Crippen molar-refractivity contribution in [2.24, 2.45) is 5.41 Å². The number of methoxy groups -OCH3 is 2. The maximum atomic E-state index is 12.3. The van der Waals surface area contributed by atoms with Crippen LogP contribution in [0.5, 0.6) is 0 Å². The second-order valence-corrected chi connectivity index (χ2v) is 28.1. The van der Waals surface area contributed by atoms with Crippen molar-refractivity contribution in [1.82, 2.24) is 25.6 Å². The number of anilines is 6. The van der Waals surface area contributed by atoms with Gasteiger partial charge in [-0.1, -0.05) is 126 Å². The van der Waals surface area contributed by atoms with Crippen LogP contribution in [0.4, 0.5) is 34.9 Å². The fourth-order valence-electron chi connectivity index (χ4n) is 11.5. The van der Waals surface area contributed by atoms with E-state index in [1.165, 1.54) is 19.8 Å². The van der Waals surface area contributed by atoms with Crippen LogP contribution < -0.4 is 26.6 Å². The summed E-state index contributed by atoms with van der Waals surface area (Å²) in [5.41, 5.74) is 5.01. The van der Waals surface area contributed by atoms with E-state index < -0.39 is 41.2 Å². The predicted octanol–water partition coefficient (Wildman–Crippen LogP) is 14.2. The van der Waals surface area contributed by atoms with E-state index in [2.05, 4.69) is 153 Å². The van der Waals surface area contributed by atoms with Crippen molar-refractivity contribution in [3.8, 4) is 0 Å². The number of esters is 8. The average Bonchev–Trinajstić information content (AvgIpc) is 0.821. The Morgan fingerprint density at radius 2 is 0.764 bits per heavy atom. The number of nitrogens with one attached hydrogen (secondary N) is 5. The van der Waals surface area contributed by atoms with Crippen LogP contribution in [-0.2, 0) is 81.0 Å². The van der Waals surface area contributed by atoms with Crippen LogP contribution in [0, 0.1) is 26.2 Å². The number of hydrogen-bond acceptors (Lipinski definition) is 25. The van der Waals surface area contributed by atoms with Gasteiger partial charge in [-0.25, -0.2) is 28.8 Å². The molecule has 0 radical (unpaired) electrons. The summed E-state index contributed by atoms with van der Waals surface area (Å²) >= 11 is 0. The Hall–Kier alpha value is -9.85. The van der Waals surface area contributed by atoms with Crippen molar-refractivity contribution in [2.75, 3.05) is 69.8 Å². The molecule has 106 heavy (non-hydrogen) atoms. The number of hydrogen-bond donors (Lipinski definition) is 5. The quantitative estimate of drug-likeness (QED) is 0.0122. The molecule has 0 spiro atoms. The molecule has 3 heterocycles. The monoisotopic (exact) mass is 1470 g/mol. The molecule has 0 aliphatic carbocycles. The molecule has 6 rings (SSSR count). The van der Waals surface area contributed by atoms with E-state index in [0.29, 0.717) is 37.1 Å². The first-order valence-electron chi connectivity index (χ1n) is 35.5. The van der Waals surface area contributed by atoms with Crippen LogP contribution in [0.1, 0.15) is 162 Å². The first-order chi connectivity index (χ1) is 50.1. The molecule has 0 saturated carbocycles. The van der Waals surface area contributed by atoms with Crippen LogP contribution >= 0.6 is 0 Å². The molecule has 582 valence electrons. The molecule has 2 aliphatic rings. The number of aromatic nitrogens is 3. The molecule has 0 bridgehead atoms. The third-order valence-electron chi connectivity index (χ3n) is 15.9. The van der Waals surface area contributed by atoms with Crippen LogP contribution in [0.3, 0.4) is 0 Å². The Labute approximate surface area is 627 Å². The summed E-state index contributed by atoms with van der Waals surface area (Å²) in [5, 5.41) is 17.1. The molecule has 2 aliphatic heterocycles. The normalized spacial score (nSPS) is 14.3. The van der Waals surface area contributed by atoms with Crippen molar-refractivity contribution in [3.05, 3.63) is 165 Å². The molecule has 1 aromatic heterocycles. The van der Waals surface area contributed by atoms with Gasteiger partial charge in [0.2, 0.25) is 17.8 Å². The fourth-order valence-corrected chi connectivity index (χ4v) is 11.5. The smallest absolute Gasteiger partial charge is 0.330 e. The summed E-state index contributed by atoms with van der Waals surface area (Å²) in [6, 6.07) is 24.1. The molecule has 5 N–H and O–H groups in total. The molecule has 0 amide bonds. The minimum Gasteiger partial charge on any atom is -0.466 e. The maximum absolute atomic E-state index is 12.3. The Kier molecular flexibility index (Phi) is 42.0. The topological polar surface area (TPSA) is 318 Å². The number of benzene rings is 3. The van der Waals surface area contributed by atoms with Gasteiger partial charge in [-0.15, -0.1) is 0 Å². The van der Waals surface area contributed by atoms with E-state index in [0.717, 1.165) is 135 Å². The van der Waals surface area contributed by atoms with Crippen molar-refractivity contribution in [3.63, 3.8) is 0 Å². The molecule has 4 aromatic rings. The first-order valence-corrected chi connectivity index (χ1v) is 35.5. The zero-order chi connectivity index (χ0) is 79.4. The first kappa shape index (κ1) is 92.2. The van der Waals surface area contributed by atoms with Crippen LogP contribution in [-0.4, -0.2) is 151 Å². The summed E-state index contributed by atoms with van der Waals surface area (Å²) in [6.45, 7) is 42.4. The van der Waals surface area contributed by atoms with Gasteiger partial charge >= 0.3 is 47.8 Å². The third kappa shape index (κ3) is 40.4. The fraction of sp³-hybridized carbons (Fsp3) is 0.494. The average molecular weight is 1470 g/mol. The molecular formula is C81H116N8O17. The van der Waals surface area contributed by atoms with Crippen LogP contribution in [0.25, 0.3) is 0 Å². The second kappa shape index (κ2) is 48.3. The standard InChI is InChI=1S/C29H54N2O4.C24H24N6.C20H26O9.2C4H6O2/c1-26(2)18-22(19-27(3,4)30-26)34-24(32)16-14-12-10-9-11-13-15-17-25(33)35-23-20-28(5,6)31-29(7,8)21-23;1-16-12-14-19(15-13-16)25-22-28-23(26-20-10-6-4-8-17(20)2)30-24(29-22)27-21-11-7-5-9-18(21)3;1-5-16(21)26-11-9-10-25-12-20(13-27-17(22)6-2,14-28-18(23)7-3)15-29-19(24)8-4;2*1-3-4(5)6-2/h22-23,30-31H,9-21H2,1-8H3;4-15H,1-3H3,(H3,25,26,27,28,29,30);5-8H,1-4,9-15H2;2*3H,1H2,2H3. The predicted molar refractivity (Wildman–Crippen MR) is 412 cm³/mol. The van der Waals surface area contributed by atoms with E-state index in [1.807, 2.05) is 86.6 Å². The zero-order valence-corrected chi connectivity index (χ0v) is 64.7. The van der Waals surface area contributed by atoms with Gasteiger partial charge in [0.05, 0.1) is 32.8 Å². The number of carbonyl (C=O) groups is 8. The largest absolute Gasteiger partial charge is 0.466 e. The Morgan fingerprint density at radius 1 is 0.434 bits per heavy atom. The highest BCUT2D eigenvalue weighted by molar-refractivity contribution is 5.83. The highest BCUT2D eigenvalue weighted by Gasteiger charge is 2.41. The summed E-state index contributed by atoms with van der Waals surface area (Å²) in [5.74, 6) is -2.20. The third-order valence-corrected chi connectivity index (χ3v) is 15.9. The van der Waals surface area contributed by atoms with E-state index >= 15 is 0 Å². The lowest BCUT2D eigenvalue weighted by molar-refractivity contribution is -0.162. The molecule has 2 fully saturated rings. The lowest BCUT2D eigenvalue weighted by Crippen LogP contribution is -2.59. The Morgan fingerprint density at radius 3 is 1.09 bits per heavy atom. The van der Waals surface area contributed by atoms with Crippen LogP contribution in [0.2, 0.25) is 0 Å². The minimum atomic E-state index is -1.19. The van der Waals surface area contributed by atoms with Crippen molar-refractivity contribution in [1.29, 1.82) is 0 Å². The van der Waals surface area contributed by atoms with Gasteiger partial charge in [0.25, 0.3) is 0 Å². The molecule has 3 aromatic carbocycles. The maximum Gasteiger partial charge on any atom is 0.330 e. The molecule has 25 heteroatoms. The SMILES string of the molecule is C=CC(=O)OC.C=CC(=O)OC.C=CC(=O)OCCCOCC(COC(=O)C=C)(COC(=O)C=C)COC(=O)C=C.CC1(C)CC(OC(=O)CCCCCCCCCC(=O)OC2CC(C)(C)NC(C)(C)C2)CC(C)(C)N1.Cc1ccc(Nc2nc(Nc3ccccc3C)nc(Nc3ccccc3C)n2)cc1. The van der Waals surface area contributed by atoms with Crippen molar-refractivity contribution in [2.45, 2.75) is 200 Å². The number of unbranched alkanes of at least 4 members (excludes halogenated alkanes) is 6. The summed E-state index contributed by atoms with van der Waals surface area (Å²) in [7, 11) is 2.62. The van der Waals surface area contributed by atoms with Crippen LogP contribution in [0.15, 0.2) is 149 Å². The van der Waals surface area contributed by atoms with E-state index in [4.69, 9.17) is 33.2 Å². The van der Waals surface area contributed by atoms with Crippen molar-refractivity contribution >= 4 is 82.7 Å². The Bertz CT molecular complexity index is 3260. The van der Waals surface area contributed by atoms with E-state index in [-0.39, 0.29) is 85.9 Å². The van der Waals surface area contributed by atoms with Crippen molar-refractivity contribution < 1.29 is 81.0 Å². The molecular weight excluding hydrogens is 1360 g/mol. The number of nitrogens with zero attached hydrogens (tertiary/aromatic N) is 3. The molecule has 0 atom stereocenters. The number of piperidine rings is 2. The lowest BCUT2D eigenvalue weighted by atomic mass is 9.81. The molecule has 25 nitrogen and oxygen atoms in total. The van der Waals surface area contributed by atoms with Gasteiger partial charge < -0.3 is 69.2 Å². The summed E-state index contributed by atoms with van der Waals surface area (Å²) in [4.78, 5) is 103. The highest BCUT2D eigenvalue weighted by atomic mass is 16.6. The van der Waals surface area contributed by atoms with Gasteiger partial charge in [0.15, 0.2) is 0 Å². The number of ether oxygens (including phenoxy) is 9. The minimum absolute atomic E-state index is 0.00759. The number of para-hydroxylation sites is 2. The number of aryl methyl sites for hydroxylation is 3. The second-order valence-electron chi connectivity index (χ2n) is 28.1. The van der Waals surface area contributed by atoms with Gasteiger partial charge in [-0.3, -0.25) is 9.59 Å². The number of carbonyl (C=O) groups excluding carboxylic acids is 8. The van der Waals surface area contributed by atoms with E-state index in [1.54, 1.807) is 0 Å². The molecule has 2 saturated heterocycles. The van der Waals surface area contributed by atoms with Gasteiger partial charge in [-0.2, -0.15) is 15.0 Å².